The minimum atomic E-state index is 0.845. The van der Waals surface area contributed by atoms with Gasteiger partial charge >= 0.3 is 0 Å². The maximum absolute atomic E-state index is 5.01. The fourth-order valence-corrected chi connectivity index (χ4v) is 1.69. The van der Waals surface area contributed by atoms with Crippen LogP contribution in [-0.4, -0.2) is 15.2 Å². The molecule has 2 aromatic carbocycles. The number of rotatable bonds is 0. The average molecular weight is 237 g/mol. The van der Waals surface area contributed by atoms with E-state index in [1.165, 1.54) is 6.39 Å². The van der Waals surface area contributed by atoms with E-state index in [0.717, 1.165) is 22.0 Å². The highest BCUT2D eigenvalue weighted by atomic mass is 16.3. The first-order valence-corrected chi connectivity index (χ1v) is 5.60. The van der Waals surface area contributed by atoms with Gasteiger partial charge in [-0.3, -0.25) is 5.10 Å². The predicted octanol–water partition coefficient (Wildman–Crippen LogP) is 3.39. The number of oxazole rings is 1. The lowest BCUT2D eigenvalue weighted by atomic mass is 10.3. The van der Waals surface area contributed by atoms with Crippen molar-refractivity contribution in [1.82, 2.24) is 15.2 Å². The van der Waals surface area contributed by atoms with Crippen molar-refractivity contribution < 1.29 is 4.42 Å². The Morgan fingerprint density at radius 2 is 1.78 bits per heavy atom. The highest BCUT2D eigenvalue weighted by molar-refractivity contribution is 5.77. The first kappa shape index (κ1) is 10.5. The summed E-state index contributed by atoms with van der Waals surface area (Å²) in [5, 5.41) is 7.91. The molecule has 4 aromatic rings. The van der Waals surface area contributed by atoms with Crippen LogP contribution in [0.4, 0.5) is 0 Å². The first-order valence-electron chi connectivity index (χ1n) is 5.60. The quantitative estimate of drug-likeness (QED) is 0.510. The van der Waals surface area contributed by atoms with Gasteiger partial charge in [0, 0.05) is 5.39 Å². The minimum absolute atomic E-state index is 0.845. The number of nitrogens with one attached hydrogen (secondary N) is 1. The third-order valence-electron chi connectivity index (χ3n) is 2.59. The van der Waals surface area contributed by atoms with Crippen LogP contribution in [0.2, 0.25) is 0 Å². The smallest absolute Gasteiger partial charge is 0.181 e. The van der Waals surface area contributed by atoms with Crippen LogP contribution < -0.4 is 0 Å². The molecular weight excluding hydrogens is 226 g/mol. The van der Waals surface area contributed by atoms with Crippen molar-refractivity contribution in [1.29, 1.82) is 0 Å². The maximum Gasteiger partial charge on any atom is 0.181 e. The molecule has 0 aliphatic carbocycles. The van der Waals surface area contributed by atoms with Gasteiger partial charge in [-0.05, 0) is 18.2 Å². The molecule has 2 aromatic heterocycles. The Morgan fingerprint density at radius 1 is 0.944 bits per heavy atom. The van der Waals surface area contributed by atoms with Crippen LogP contribution in [0, 0.1) is 0 Å². The zero-order valence-electron chi connectivity index (χ0n) is 9.58. The average Bonchev–Trinajstić information content (AvgIpc) is 3.08. The van der Waals surface area contributed by atoms with E-state index < -0.39 is 0 Å². The number of aromatic amines is 1. The van der Waals surface area contributed by atoms with Crippen LogP contribution in [0.5, 0.6) is 0 Å². The third-order valence-corrected chi connectivity index (χ3v) is 2.59. The Morgan fingerprint density at radius 3 is 2.67 bits per heavy atom. The Labute approximate surface area is 103 Å². The summed E-state index contributed by atoms with van der Waals surface area (Å²) in [4.78, 5) is 3.95. The molecule has 88 valence electrons. The number of hydrogen-bond donors (Lipinski definition) is 1. The number of fused-ring (bicyclic) bond motifs is 2. The summed E-state index contributed by atoms with van der Waals surface area (Å²) < 4.78 is 5.01. The molecule has 0 unspecified atom stereocenters. The molecule has 0 bridgehead atoms. The van der Waals surface area contributed by atoms with Gasteiger partial charge in [-0.15, -0.1) is 0 Å². The highest BCUT2D eigenvalue weighted by Crippen LogP contribution is 2.09. The third kappa shape index (κ3) is 2.08. The van der Waals surface area contributed by atoms with Crippen molar-refractivity contribution in [2.24, 2.45) is 0 Å². The van der Waals surface area contributed by atoms with Crippen molar-refractivity contribution in [3.63, 3.8) is 0 Å². The summed E-state index contributed by atoms with van der Waals surface area (Å²) in [6.07, 6.45) is 3.26. The number of hydrogen-bond acceptors (Lipinski definition) is 3. The second-order valence-corrected chi connectivity index (χ2v) is 3.78. The largest absolute Gasteiger partial charge is 0.443 e. The highest BCUT2D eigenvalue weighted by Gasteiger charge is 1.91. The molecule has 0 atom stereocenters. The summed E-state index contributed by atoms with van der Waals surface area (Å²) in [7, 11) is 0. The van der Waals surface area contributed by atoms with E-state index in [1.807, 2.05) is 54.7 Å². The van der Waals surface area contributed by atoms with Crippen molar-refractivity contribution in [2.45, 2.75) is 0 Å². The number of para-hydroxylation sites is 3. The van der Waals surface area contributed by atoms with E-state index in [1.54, 1.807) is 0 Å². The summed E-state index contributed by atoms with van der Waals surface area (Å²) in [6, 6.07) is 15.7. The Bertz CT molecular complexity index is 631. The Hall–Kier alpha value is -2.62. The zero-order valence-corrected chi connectivity index (χ0v) is 9.58. The fraction of sp³-hybridized carbons (Fsp3) is 0. The first-order chi connectivity index (χ1) is 8.93. The second kappa shape index (κ2) is 4.71. The molecule has 0 amide bonds. The zero-order chi connectivity index (χ0) is 12.2. The van der Waals surface area contributed by atoms with Gasteiger partial charge in [-0.1, -0.05) is 30.3 Å². The molecular formula is C14H11N3O. The molecule has 0 saturated carbocycles. The van der Waals surface area contributed by atoms with Gasteiger partial charge in [0.25, 0.3) is 0 Å². The van der Waals surface area contributed by atoms with Crippen LogP contribution in [0.3, 0.4) is 0 Å². The number of nitrogens with zero attached hydrogens (tertiary/aromatic N) is 2. The van der Waals surface area contributed by atoms with Gasteiger partial charge < -0.3 is 4.42 Å². The normalized spacial score (nSPS) is 10.2. The number of benzene rings is 2. The molecule has 0 spiro atoms. The molecule has 0 aliphatic rings. The molecule has 4 rings (SSSR count). The van der Waals surface area contributed by atoms with Gasteiger partial charge in [0.15, 0.2) is 12.0 Å². The van der Waals surface area contributed by atoms with Crippen molar-refractivity contribution in [3.8, 4) is 0 Å². The van der Waals surface area contributed by atoms with E-state index in [9.17, 15) is 0 Å². The fourth-order valence-electron chi connectivity index (χ4n) is 1.69. The van der Waals surface area contributed by atoms with Crippen molar-refractivity contribution >= 4 is 22.0 Å². The van der Waals surface area contributed by atoms with Gasteiger partial charge in [-0.2, -0.15) is 5.10 Å². The van der Waals surface area contributed by atoms with E-state index in [0.29, 0.717) is 0 Å². The Kier molecular flexibility index (Phi) is 2.75. The lowest BCUT2D eigenvalue weighted by molar-refractivity contribution is 0.602. The lowest BCUT2D eigenvalue weighted by Gasteiger charge is -1.81. The summed E-state index contributed by atoms with van der Waals surface area (Å²) in [5.74, 6) is 0. The molecule has 0 radical (unpaired) electrons. The maximum atomic E-state index is 5.01. The minimum Gasteiger partial charge on any atom is -0.443 e. The molecule has 0 aliphatic heterocycles. The molecule has 18 heavy (non-hydrogen) atoms. The molecule has 0 saturated heterocycles. The van der Waals surface area contributed by atoms with Gasteiger partial charge in [0.05, 0.1) is 11.7 Å². The molecule has 4 heteroatoms. The lowest BCUT2D eigenvalue weighted by Crippen LogP contribution is -1.63. The summed E-state index contributed by atoms with van der Waals surface area (Å²) >= 11 is 0. The summed E-state index contributed by atoms with van der Waals surface area (Å²) in [5.41, 5.74) is 2.85. The SMILES string of the molecule is c1ccc2[nH]ncc2c1.c1ccc2ocnc2c1. The van der Waals surface area contributed by atoms with Crippen molar-refractivity contribution in [3.05, 3.63) is 61.1 Å². The standard InChI is InChI=1S/C7H6N2.C7H5NO/c1-2-4-7-6(3-1)5-8-9-7;1-2-4-7-6(3-1)8-5-9-7/h1-5H,(H,8,9);1-5H. The molecule has 2 heterocycles. The van der Waals surface area contributed by atoms with Crippen LogP contribution in [0.1, 0.15) is 0 Å². The second-order valence-electron chi connectivity index (χ2n) is 3.78. The topological polar surface area (TPSA) is 54.7 Å². The van der Waals surface area contributed by atoms with Crippen molar-refractivity contribution in [2.75, 3.05) is 0 Å². The van der Waals surface area contributed by atoms with E-state index in [2.05, 4.69) is 15.2 Å². The van der Waals surface area contributed by atoms with E-state index in [4.69, 9.17) is 4.42 Å². The van der Waals surface area contributed by atoms with Crippen LogP contribution in [0.15, 0.2) is 65.5 Å². The molecule has 4 nitrogen and oxygen atoms in total. The monoisotopic (exact) mass is 237 g/mol. The van der Waals surface area contributed by atoms with Gasteiger partial charge in [0.1, 0.15) is 5.52 Å². The van der Waals surface area contributed by atoms with E-state index >= 15 is 0 Å². The number of H-pyrrole nitrogens is 1. The van der Waals surface area contributed by atoms with Gasteiger partial charge in [-0.25, -0.2) is 4.98 Å². The van der Waals surface area contributed by atoms with Crippen LogP contribution >= 0.6 is 0 Å². The van der Waals surface area contributed by atoms with Crippen LogP contribution in [-0.2, 0) is 0 Å². The van der Waals surface area contributed by atoms with Gasteiger partial charge in [0.2, 0.25) is 0 Å². The molecule has 0 fully saturated rings. The molecule has 1 N–H and O–H groups in total. The van der Waals surface area contributed by atoms with E-state index in [-0.39, 0.29) is 0 Å². The number of aromatic nitrogens is 3. The van der Waals surface area contributed by atoms with Crippen LogP contribution in [0.25, 0.3) is 22.0 Å². The summed E-state index contributed by atoms with van der Waals surface area (Å²) in [6.45, 7) is 0. The predicted molar refractivity (Wildman–Crippen MR) is 70.1 cm³/mol. The Balaban J connectivity index is 0.000000111.